The number of aromatic nitrogens is 2. The van der Waals surface area contributed by atoms with Crippen molar-refractivity contribution in [1.29, 1.82) is 0 Å². The summed E-state index contributed by atoms with van der Waals surface area (Å²) in [4.78, 5) is 19.0. The molecule has 0 unspecified atom stereocenters. The van der Waals surface area contributed by atoms with Crippen molar-refractivity contribution in [2.75, 3.05) is 19.6 Å². The Hall–Kier alpha value is -1.36. The number of amides is 1. The van der Waals surface area contributed by atoms with Crippen LogP contribution < -0.4 is 5.32 Å². The van der Waals surface area contributed by atoms with Gasteiger partial charge in [0.15, 0.2) is 0 Å². The molecule has 0 spiro atoms. The Morgan fingerprint density at radius 1 is 1.45 bits per heavy atom. The van der Waals surface area contributed by atoms with Gasteiger partial charge in [0.25, 0.3) is 5.91 Å². The Labute approximate surface area is 134 Å². The molecule has 1 atom stereocenters. The largest absolute Gasteiger partial charge is 0.351 e. The van der Waals surface area contributed by atoms with Gasteiger partial charge in [-0.05, 0) is 38.6 Å². The topological polar surface area (TPSA) is 50.2 Å². The molecule has 1 fully saturated rings. The first-order valence-corrected chi connectivity index (χ1v) is 8.49. The van der Waals surface area contributed by atoms with Crippen LogP contribution in [0.4, 0.5) is 0 Å². The molecule has 1 saturated heterocycles. The van der Waals surface area contributed by atoms with E-state index >= 15 is 0 Å². The van der Waals surface area contributed by atoms with Crippen LogP contribution >= 0.6 is 0 Å². The van der Waals surface area contributed by atoms with Gasteiger partial charge in [0, 0.05) is 26.2 Å². The molecule has 5 nitrogen and oxygen atoms in total. The van der Waals surface area contributed by atoms with E-state index in [0.717, 1.165) is 18.7 Å². The molecule has 2 heterocycles. The molecule has 124 valence electrons. The number of nitrogens with one attached hydrogen (secondary N) is 1. The molecule has 2 rings (SSSR count). The summed E-state index contributed by atoms with van der Waals surface area (Å²) in [5, 5.41) is 3.06. The highest BCUT2D eigenvalue weighted by atomic mass is 16.1. The number of carbonyl (C=O) groups excluding carboxylic acids is 1. The van der Waals surface area contributed by atoms with Crippen molar-refractivity contribution in [3.05, 3.63) is 17.7 Å². The summed E-state index contributed by atoms with van der Waals surface area (Å²) in [6, 6.07) is 0.615. The van der Waals surface area contributed by atoms with Crippen LogP contribution in [-0.4, -0.2) is 46.0 Å². The van der Waals surface area contributed by atoms with Crippen LogP contribution in [0.1, 0.15) is 55.7 Å². The third-order valence-electron chi connectivity index (χ3n) is 4.45. The van der Waals surface area contributed by atoms with Gasteiger partial charge >= 0.3 is 0 Å². The fraction of sp³-hybridized carbons (Fsp3) is 0.765. The van der Waals surface area contributed by atoms with Gasteiger partial charge in [0.1, 0.15) is 5.69 Å². The number of hydrogen-bond donors (Lipinski definition) is 1. The maximum absolute atomic E-state index is 12.3. The van der Waals surface area contributed by atoms with E-state index in [0.29, 0.717) is 17.7 Å². The van der Waals surface area contributed by atoms with E-state index in [-0.39, 0.29) is 5.91 Å². The number of rotatable bonds is 6. The molecular weight excluding hydrogens is 276 g/mol. The molecule has 0 aromatic carbocycles. The van der Waals surface area contributed by atoms with E-state index in [2.05, 4.69) is 29.0 Å². The average molecular weight is 306 g/mol. The number of carbonyl (C=O) groups is 1. The lowest BCUT2D eigenvalue weighted by molar-refractivity contribution is 0.0925. The molecule has 1 aliphatic heterocycles. The second kappa shape index (κ2) is 7.77. The van der Waals surface area contributed by atoms with Crippen LogP contribution in [0.5, 0.6) is 0 Å². The van der Waals surface area contributed by atoms with Crippen LogP contribution in [0.3, 0.4) is 0 Å². The summed E-state index contributed by atoms with van der Waals surface area (Å²) in [6.45, 7) is 9.54. The van der Waals surface area contributed by atoms with Gasteiger partial charge in [-0.1, -0.05) is 20.3 Å². The number of hydrogen-bond acceptors (Lipinski definition) is 3. The van der Waals surface area contributed by atoms with E-state index in [1.54, 1.807) is 10.9 Å². The van der Waals surface area contributed by atoms with Crippen LogP contribution in [0.2, 0.25) is 0 Å². The monoisotopic (exact) mass is 306 g/mol. The molecule has 0 saturated carbocycles. The Balaban J connectivity index is 1.83. The minimum absolute atomic E-state index is 0.0104. The van der Waals surface area contributed by atoms with Gasteiger partial charge in [0.05, 0.1) is 12.0 Å². The standard InChI is InChI=1S/C17H30N4O/c1-13(2)11-21-10-6-5-7-15(21)8-9-18-17(22)16-14(3)19-12-20(16)4/h12-13,15H,5-11H2,1-4H3,(H,18,22)/t15-/m1/s1. The second-order valence-electron chi connectivity index (χ2n) is 6.87. The number of nitrogens with zero attached hydrogens (tertiary/aromatic N) is 3. The second-order valence-corrected chi connectivity index (χ2v) is 6.87. The summed E-state index contributed by atoms with van der Waals surface area (Å²) in [5.74, 6) is 0.691. The fourth-order valence-corrected chi connectivity index (χ4v) is 3.40. The lowest BCUT2D eigenvalue weighted by Crippen LogP contribution is -2.43. The number of piperidine rings is 1. The SMILES string of the molecule is Cc1ncn(C)c1C(=O)NCC[C@H]1CCCCN1CC(C)C. The molecule has 0 bridgehead atoms. The predicted octanol–water partition coefficient (Wildman–Crippen LogP) is 2.36. The first-order chi connectivity index (χ1) is 10.5. The Morgan fingerprint density at radius 3 is 2.86 bits per heavy atom. The zero-order valence-corrected chi connectivity index (χ0v) is 14.4. The summed E-state index contributed by atoms with van der Waals surface area (Å²) < 4.78 is 1.79. The highest BCUT2D eigenvalue weighted by molar-refractivity contribution is 5.93. The van der Waals surface area contributed by atoms with Crippen molar-refractivity contribution < 1.29 is 4.79 Å². The highest BCUT2D eigenvalue weighted by Gasteiger charge is 2.23. The molecular formula is C17H30N4O. The van der Waals surface area contributed by atoms with Crippen LogP contribution in [-0.2, 0) is 7.05 Å². The zero-order valence-electron chi connectivity index (χ0n) is 14.4. The van der Waals surface area contributed by atoms with Crippen molar-refractivity contribution >= 4 is 5.91 Å². The molecule has 0 radical (unpaired) electrons. The Kier molecular flexibility index (Phi) is 6.00. The fourth-order valence-electron chi connectivity index (χ4n) is 3.40. The van der Waals surface area contributed by atoms with E-state index in [9.17, 15) is 4.79 Å². The van der Waals surface area contributed by atoms with E-state index in [1.165, 1.54) is 32.4 Å². The molecule has 1 N–H and O–H groups in total. The predicted molar refractivity (Wildman–Crippen MR) is 88.9 cm³/mol. The normalized spacial score (nSPS) is 19.6. The molecule has 1 aromatic heterocycles. The number of aryl methyl sites for hydroxylation is 2. The summed E-state index contributed by atoms with van der Waals surface area (Å²) in [7, 11) is 1.86. The van der Waals surface area contributed by atoms with Gasteiger partial charge in [-0.2, -0.15) is 0 Å². The molecule has 1 amide bonds. The van der Waals surface area contributed by atoms with Crippen molar-refractivity contribution in [3.63, 3.8) is 0 Å². The van der Waals surface area contributed by atoms with Crippen molar-refractivity contribution in [3.8, 4) is 0 Å². The number of imidazole rings is 1. The van der Waals surface area contributed by atoms with Crippen LogP contribution in [0.15, 0.2) is 6.33 Å². The lowest BCUT2D eigenvalue weighted by Gasteiger charge is -2.37. The minimum Gasteiger partial charge on any atom is -0.351 e. The maximum Gasteiger partial charge on any atom is 0.269 e. The summed E-state index contributed by atoms with van der Waals surface area (Å²) >= 11 is 0. The quantitative estimate of drug-likeness (QED) is 0.878. The third kappa shape index (κ3) is 4.32. The van der Waals surface area contributed by atoms with Gasteiger partial charge in [-0.15, -0.1) is 0 Å². The van der Waals surface area contributed by atoms with Crippen molar-refractivity contribution in [1.82, 2.24) is 19.8 Å². The van der Waals surface area contributed by atoms with Crippen molar-refractivity contribution in [2.24, 2.45) is 13.0 Å². The lowest BCUT2D eigenvalue weighted by atomic mass is 9.98. The summed E-state index contributed by atoms with van der Waals surface area (Å²) in [6.07, 6.45) is 6.61. The van der Waals surface area contributed by atoms with Gasteiger partial charge in [0.2, 0.25) is 0 Å². The van der Waals surface area contributed by atoms with Crippen LogP contribution in [0, 0.1) is 12.8 Å². The van der Waals surface area contributed by atoms with Crippen LogP contribution in [0.25, 0.3) is 0 Å². The first-order valence-electron chi connectivity index (χ1n) is 8.49. The zero-order chi connectivity index (χ0) is 16.1. The average Bonchev–Trinajstić information content (AvgIpc) is 2.79. The summed E-state index contributed by atoms with van der Waals surface area (Å²) in [5.41, 5.74) is 1.46. The highest BCUT2D eigenvalue weighted by Crippen LogP contribution is 2.20. The molecule has 22 heavy (non-hydrogen) atoms. The molecule has 5 heteroatoms. The van der Waals surface area contributed by atoms with E-state index in [4.69, 9.17) is 0 Å². The maximum atomic E-state index is 12.3. The third-order valence-corrected chi connectivity index (χ3v) is 4.45. The van der Waals surface area contributed by atoms with Gasteiger partial charge in [-0.25, -0.2) is 4.98 Å². The van der Waals surface area contributed by atoms with Gasteiger partial charge < -0.3 is 14.8 Å². The Bertz CT molecular complexity index is 475. The first kappa shape index (κ1) is 17.0. The molecule has 0 aliphatic carbocycles. The Morgan fingerprint density at radius 2 is 2.23 bits per heavy atom. The molecule has 1 aromatic rings. The number of likely N-dealkylation sites (tertiary alicyclic amines) is 1. The smallest absolute Gasteiger partial charge is 0.269 e. The van der Waals surface area contributed by atoms with Crippen molar-refractivity contribution in [2.45, 2.75) is 52.5 Å². The van der Waals surface area contributed by atoms with E-state index < -0.39 is 0 Å². The molecule has 1 aliphatic rings. The van der Waals surface area contributed by atoms with E-state index in [1.807, 2.05) is 14.0 Å². The minimum atomic E-state index is -0.0104. The van der Waals surface area contributed by atoms with Gasteiger partial charge in [-0.3, -0.25) is 4.79 Å².